The van der Waals surface area contributed by atoms with Crippen LogP contribution in [0.25, 0.3) is 11.0 Å². The Bertz CT molecular complexity index is 1010. The van der Waals surface area contributed by atoms with Crippen molar-refractivity contribution in [3.63, 3.8) is 0 Å². The summed E-state index contributed by atoms with van der Waals surface area (Å²) in [5.41, 5.74) is 1.84. The number of benzene rings is 2. The molecule has 2 N–H and O–H groups in total. The summed E-state index contributed by atoms with van der Waals surface area (Å²) in [4.78, 5) is 29.7. The van der Waals surface area contributed by atoms with E-state index in [4.69, 9.17) is 0 Å². The molecular weight excluding hydrogens is 335 g/mol. The third-order valence-corrected chi connectivity index (χ3v) is 4.77. The van der Waals surface area contributed by atoms with Gasteiger partial charge in [-0.25, -0.2) is 9.18 Å². The molecule has 0 spiro atoms. The second-order valence-electron chi connectivity index (χ2n) is 6.40. The average Bonchev–Trinajstić information content (AvgIpc) is 2.97. The number of piperazine rings is 1. The lowest BCUT2D eigenvalue weighted by Gasteiger charge is -2.36. The number of H-pyrrole nitrogens is 1. The Labute approximate surface area is 149 Å². The molecule has 0 bridgehead atoms. The van der Waals surface area contributed by atoms with Crippen molar-refractivity contribution in [2.24, 2.45) is 0 Å². The van der Waals surface area contributed by atoms with Crippen LogP contribution in [0.15, 0.2) is 53.3 Å². The number of hydrogen-bond donors (Lipinski definition) is 2. The minimum atomic E-state index is -0.326. The van der Waals surface area contributed by atoms with Crippen molar-refractivity contribution in [2.75, 3.05) is 19.6 Å². The van der Waals surface area contributed by atoms with E-state index in [1.807, 2.05) is 24.3 Å². The van der Waals surface area contributed by atoms with Gasteiger partial charge in [0.05, 0.1) is 17.1 Å². The first-order chi connectivity index (χ1) is 12.6. The number of nitrogens with zero attached hydrogens (tertiary/aromatic N) is 2. The predicted molar refractivity (Wildman–Crippen MR) is 96.3 cm³/mol. The fourth-order valence-electron chi connectivity index (χ4n) is 3.50. The zero-order chi connectivity index (χ0) is 18.1. The van der Waals surface area contributed by atoms with Crippen molar-refractivity contribution < 1.29 is 9.18 Å². The summed E-state index contributed by atoms with van der Waals surface area (Å²) >= 11 is 0. The zero-order valence-corrected chi connectivity index (χ0v) is 14.1. The van der Waals surface area contributed by atoms with Crippen molar-refractivity contribution >= 4 is 16.9 Å². The van der Waals surface area contributed by atoms with E-state index in [2.05, 4.69) is 10.3 Å². The van der Waals surface area contributed by atoms with E-state index in [9.17, 15) is 14.0 Å². The number of aromatic nitrogens is 2. The Morgan fingerprint density at radius 3 is 2.88 bits per heavy atom. The molecule has 2 heterocycles. The lowest BCUT2D eigenvalue weighted by Crippen LogP contribution is -2.50. The fraction of sp³-hybridized carbons (Fsp3) is 0.263. The quantitative estimate of drug-likeness (QED) is 0.751. The number of aromatic amines is 1. The van der Waals surface area contributed by atoms with Gasteiger partial charge in [0.25, 0.3) is 0 Å². The van der Waals surface area contributed by atoms with Crippen LogP contribution in [0.3, 0.4) is 0 Å². The molecule has 1 saturated heterocycles. The molecule has 26 heavy (non-hydrogen) atoms. The standard InChI is InChI=1S/C19H19FN4O2/c20-14-5-3-4-13(10-14)17-11-21-8-9-23(17)18(25)12-24-16-7-2-1-6-15(16)22-19(24)26/h1-7,10,17,21H,8-9,11-12H2,(H,22,26). The summed E-state index contributed by atoms with van der Waals surface area (Å²) in [6, 6.07) is 13.3. The molecule has 1 atom stereocenters. The highest BCUT2D eigenvalue weighted by molar-refractivity contribution is 5.81. The molecule has 1 aromatic heterocycles. The molecular formula is C19H19FN4O2. The second-order valence-corrected chi connectivity index (χ2v) is 6.40. The molecule has 0 aliphatic carbocycles. The van der Waals surface area contributed by atoms with Gasteiger partial charge in [-0.15, -0.1) is 0 Å². The molecule has 1 amide bonds. The van der Waals surface area contributed by atoms with Gasteiger partial charge in [0.2, 0.25) is 5.91 Å². The Hall–Kier alpha value is -2.93. The minimum Gasteiger partial charge on any atom is -0.332 e. The van der Waals surface area contributed by atoms with E-state index in [1.54, 1.807) is 17.0 Å². The summed E-state index contributed by atoms with van der Waals surface area (Å²) in [7, 11) is 0. The van der Waals surface area contributed by atoms with Crippen LogP contribution in [0.4, 0.5) is 4.39 Å². The Morgan fingerprint density at radius 1 is 1.19 bits per heavy atom. The largest absolute Gasteiger partial charge is 0.332 e. The highest BCUT2D eigenvalue weighted by atomic mass is 19.1. The van der Waals surface area contributed by atoms with Gasteiger partial charge < -0.3 is 15.2 Å². The summed E-state index contributed by atoms with van der Waals surface area (Å²) in [6.07, 6.45) is 0. The smallest absolute Gasteiger partial charge is 0.326 e. The van der Waals surface area contributed by atoms with Crippen LogP contribution in [0.1, 0.15) is 11.6 Å². The van der Waals surface area contributed by atoms with E-state index < -0.39 is 0 Å². The predicted octanol–water partition coefficient (Wildman–Crippen LogP) is 1.64. The Balaban J connectivity index is 1.63. The molecule has 1 unspecified atom stereocenters. The van der Waals surface area contributed by atoms with Gasteiger partial charge >= 0.3 is 5.69 Å². The van der Waals surface area contributed by atoms with Gasteiger partial charge in [0.1, 0.15) is 12.4 Å². The molecule has 4 rings (SSSR count). The number of amides is 1. The third kappa shape index (κ3) is 3.01. The zero-order valence-electron chi connectivity index (χ0n) is 14.1. The van der Waals surface area contributed by atoms with E-state index in [0.29, 0.717) is 30.7 Å². The fourth-order valence-corrected chi connectivity index (χ4v) is 3.50. The van der Waals surface area contributed by atoms with Crippen molar-refractivity contribution in [3.05, 3.63) is 70.4 Å². The van der Waals surface area contributed by atoms with E-state index >= 15 is 0 Å². The number of rotatable bonds is 3. The summed E-state index contributed by atoms with van der Waals surface area (Å²) in [5, 5.41) is 3.25. The van der Waals surface area contributed by atoms with Crippen LogP contribution in [-0.4, -0.2) is 40.0 Å². The van der Waals surface area contributed by atoms with Gasteiger partial charge in [0, 0.05) is 19.6 Å². The second kappa shape index (κ2) is 6.76. The number of imidazole rings is 1. The topological polar surface area (TPSA) is 70.1 Å². The molecule has 134 valence electrons. The minimum absolute atomic E-state index is 0.0470. The van der Waals surface area contributed by atoms with Crippen molar-refractivity contribution in [3.8, 4) is 0 Å². The number of fused-ring (bicyclic) bond motifs is 1. The number of carbonyl (C=O) groups is 1. The van der Waals surface area contributed by atoms with Gasteiger partial charge in [-0.1, -0.05) is 24.3 Å². The monoisotopic (exact) mass is 354 g/mol. The van der Waals surface area contributed by atoms with E-state index in [0.717, 1.165) is 5.56 Å². The van der Waals surface area contributed by atoms with Crippen LogP contribution in [0.5, 0.6) is 0 Å². The highest BCUT2D eigenvalue weighted by Gasteiger charge is 2.28. The molecule has 0 saturated carbocycles. The lowest BCUT2D eigenvalue weighted by atomic mass is 10.0. The SMILES string of the molecule is O=C(Cn1c(=O)[nH]c2ccccc21)N1CCNCC1c1cccc(F)c1. The van der Waals surface area contributed by atoms with Gasteiger partial charge in [-0.2, -0.15) is 0 Å². The van der Waals surface area contributed by atoms with Gasteiger partial charge in [0.15, 0.2) is 0 Å². The molecule has 1 fully saturated rings. The molecule has 1 aliphatic rings. The van der Waals surface area contributed by atoms with Crippen LogP contribution in [-0.2, 0) is 11.3 Å². The van der Waals surface area contributed by atoms with Gasteiger partial charge in [-0.05, 0) is 29.8 Å². The van der Waals surface area contributed by atoms with Crippen LogP contribution in [0.2, 0.25) is 0 Å². The normalized spacial score (nSPS) is 17.6. The van der Waals surface area contributed by atoms with E-state index in [1.165, 1.54) is 16.7 Å². The maximum atomic E-state index is 13.6. The first kappa shape index (κ1) is 16.5. The number of para-hydroxylation sites is 2. The van der Waals surface area contributed by atoms with Crippen LogP contribution in [0, 0.1) is 5.82 Å². The number of hydrogen-bond acceptors (Lipinski definition) is 3. The summed E-state index contributed by atoms with van der Waals surface area (Å²) < 4.78 is 15.1. The molecule has 7 heteroatoms. The first-order valence-electron chi connectivity index (χ1n) is 8.57. The van der Waals surface area contributed by atoms with Crippen molar-refractivity contribution in [1.82, 2.24) is 19.8 Å². The number of halogens is 1. The number of carbonyl (C=O) groups excluding carboxylic acids is 1. The Morgan fingerprint density at radius 2 is 2.04 bits per heavy atom. The lowest BCUT2D eigenvalue weighted by molar-refractivity contribution is -0.135. The third-order valence-electron chi connectivity index (χ3n) is 4.77. The molecule has 3 aromatic rings. The van der Waals surface area contributed by atoms with Crippen molar-refractivity contribution in [1.29, 1.82) is 0 Å². The van der Waals surface area contributed by atoms with E-state index in [-0.39, 0.29) is 30.0 Å². The van der Waals surface area contributed by atoms with Crippen LogP contribution >= 0.6 is 0 Å². The first-order valence-corrected chi connectivity index (χ1v) is 8.57. The molecule has 0 radical (unpaired) electrons. The van der Waals surface area contributed by atoms with Crippen LogP contribution < -0.4 is 11.0 Å². The van der Waals surface area contributed by atoms with Crippen molar-refractivity contribution in [2.45, 2.75) is 12.6 Å². The Kier molecular flexibility index (Phi) is 4.30. The average molecular weight is 354 g/mol. The molecule has 2 aromatic carbocycles. The summed E-state index contributed by atoms with van der Waals surface area (Å²) in [6.45, 7) is 1.68. The number of nitrogens with one attached hydrogen (secondary N) is 2. The maximum Gasteiger partial charge on any atom is 0.326 e. The highest BCUT2D eigenvalue weighted by Crippen LogP contribution is 2.23. The summed E-state index contributed by atoms with van der Waals surface area (Å²) in [5.74, 6) is -0.485. The molecule has 1 aliphatic heterocycles. The molecule has 6 nitrogen and oxygen atoms in total. The van der Waals surface area contributed by atoms with Gasteiger partial charge in [-0.3, -0.25) is 9.36 Å². The maximum absolute atomic E-state index is 13.6.